The molecule has 0 saturated carbocycles. The Bertz CT molecular complexity index is 905. The van der Waals surface area contributed by atoms with Crippen molar-refractivity contribution in [2.24, 2.45) is 0 Å². The van der Waals surface area contributed by atoms with E-state index in [4.69, 9.17) is 10.5 Å². The molecular formula is C14H11F4N5OS. The van der Waals surface area contributed by atoms with E-state index >= 15 is 0 Å². The predicted molar refractivity (Wildman–Crippen MR) is 83.0 cm³/mol. The van der Waals surface area contributed by atoms with Crippen molar-refractivity contribution in [3.05, 3.63) is 35.4 Å². The molecule has 0 fully saturated rings. The molecule has 0 spiro atoms. The van der Waals surface area contributed by atoms with Gasteiger partial charge in [-0.05, 0) is 19.1 Å². The lowest BCUT2D eigenvalue weighted by Crippen LogP contribution is -2.10. The van der Waals surface area contributed by atoms with Crippen LogP contribution in [0.2, 0.25) is 0 Å². The van der Waals surface area contributed by atoms with Crippen LogP contribution in [0.4, 0.5) is 23.4 Å². The number of anilines is 1. The molecule has 2 N–H and O–H groups in total. The summed E-state index contributed by atoms with van der Waals surface area (Å²) in [5, 5.41) is 2.91. The Labute approximate surface area is 142 Å². The Morgan fingerprint density at radius 2 is 1.96 bits per heavy atom. The van der Waals surface area contributed by atoms with Crippen LogP contribution in [-0.2, 0) is 6.18 Å². The maximum absolute atomic E-state index is 13.4. The molecule has 3 aromatic rings. The molecule has 0 aliphatic rings. The maximum Gasteiger partial charge on any atom is 0.435 e. The first-order valence-corrected chi connectivity index (χ1v) is 7.80. The number of hydrogen-bond donors (Lipinski definition) is 1. The molecule has 0 aromatic carbocycles. The van der Waals surface area contributed by atoms with Crippen LogP contribution in [0.25, 0.3) is 16.3 Å². The predicted octanol–water partition coefficient (Wildman–Crippen LogP) is 3.53. The van der Waals surface area contributed by atoms with Gasteiger partial charge in [-0.1, -0.05) is 0 Å². The highest BCUT2D eigenvalue weighted by molar-refractivity contribution is 7.14. The molecule has 0 bridgehead atoms. The van der Waals surface area contributed by atoms with E-state index < -0.39 is 22.6 Å². The average molecular weight is 373 g/mol. The molecule has 25 heavy (non-hydrogen) atoms. The Morgan fingerprint density at radius 3 is 2.56 bits per heavy atom. The molecule has 0 unspecified atom stereocenters. The van der Waals surface area contributed by atoms with E-state index in [1.807, 2.05) is 0 Å². The standard InChI is InChI=1S/C14H11F4N5OS/c1-2-24-13-12(20-5-6-21-13)23-11(19)9(7-3-4-8(15)25-7)10(22-23)14(16,17)18/h3-6H,2,19H2,1H3. The fraction of sp³-hybridized carbons (Fsp3) is 0.214. The minimum Gasteiger partial charge on any atom is -0.475 e. The van der Waals surface area contributed by atoms with Gasteiger partial charge in [0.2, 0.25) is 5.82 Å². The zero-order chi connectivity index (χ0) is 18.2. The largest absolute Gasteiger partial charge is 0.475 e. The third-order valence-electron chi connectivity index (χ3n) is 3.14. The molecule has 3 heterocycles. The average Bonchev–Trinajstić information content (AvgIpc) is 3.11. The van der Waals surface area contributed by atoms with Gasteiger partial charge in [0.25, 0.3) is 5.88 Å². The summed E-state index contributed by atoms with van der Waals surface area (Å²) in [5.41, 5.74) is 4.26. The number of hydrogen-bond acceptors (Lipinski definition) is 6. The first-order chi connectivity index (χ1) is 11.8. The van der Waals surface area contributed by atoms with Gasteiger partial charge < -0.3 is 10.5 Å². The lowest BCUT2D eigenvalue weighted by Gasteiger charge is -2.08. The van der Waals surface area contributed by atoms with Crippen LogP contribution in [0.15, 0.2) is 24.5 Å². The fourth-order valence-corrected chi connectivity index (χ4v) is 2.97. The van der Waals surface area contributed by atoms with Crippen molar-refractivity contribution in [2.75, 3.05) is 12.3 Å². The Hall–Kier alpha value is -2.69. The summed E-state index contributed by atoms with van der Waals surface area (Å²) in [6.45, 7) is 1.91. The van der Waals surface area contributed by atoms with Gasteiger partial charge in [-0.3, -0.25) is 0 Å². The molecule has 0 aliphatic carbocycles. The second-order valence-electron chi connectivity index (χ2n) is 4.74. The Morgan fingerprint density at radius 1 is 1.24 bits per heavy atom. The monoisotopic (exact) mass is 373 g/mol. The van der Waals surface area contributed by atoms with Gasteiger partial charge in [-0.15, -0.1) is 11.3 Å². The first kappa shape index (κ1) is 17.1. The van der Waals surface area contributed by atoms with Gasteiger partial charge in [0.05, 0.1) is 12.2 Å². The van der Waals surface area contributed by atoms with Gasteiger partial charge in [0.1, 0.15) is 5.82 Å². The van der Waals surface area contributed by atoms with Crippen LogP contribution < -0.4 is 10.5 Å². The maximum atomic E-state index is 13.4. The molecule has 0 radical (unpaired) electrons. The first-order valence-electron chi connectivity index (χ1n) is 6.98. The van der Waals surface area contributed by atoms with E-state index in [2.05, 4.69) is 15.1 Å². The molecule has 0 aliphatic heterocycles. The molecule has 0 amide bonds. The van der Waals surface area contributed by atoms with Crippen LogP contribution in [-0.4, -0.2) is 26.4 Å². The second kappa shape index (κ2) is 6.31. The Balaban J connectivity index is 2.25. The number of alkyl halides is 3. The number of thiophene rings is 1. The quantitative estimate of drug-likeness (QED) is 0.708. The second-order valence-corrected chi connectivity index (χ2v) is 5.77. The number of nitrogens with zero attached hydrogens (tertiary/aromatic N) is 4. The molecule has 3 rings (SSSR count). The highest BCUT2D eigenvalue weighted by Gasteiger charge is 2.40. The minimum atomic E-state index is -4.79. The number of nitrogens with two attached hydrogens (primary N) is 1. The van der Waals surface area contributed by atoms with Gasteiger partial charge >= 0.3 is 6.18 Å². The summed E-state index contributed by atoms with van der Waals surface area (Å²) in [7, 11) is 0. The molecule has 0 atom stereocenters. The van der Waals surface area contributed by atoms with Crippen molar-refractivity contribution in [3.8, 4) is 22.1 Å². The minimum absolute atomic E-state index is 0.00965. The summed E-state index contributed by atoms with van der Waals surface area (Å²) >= 11 is 0.541. The van der Waals surface area contributed by atoms with Crippen LogP contribution in [0.3, 0.4) is 0 Å². The van der Waals surface area contributed by atoms with E-state index in [0.717, 1.165) is 10.7 Å². The lowest BCUT2D eigenvalue weighted by atomic mass is 10.2. The zero-order valence-corrected chi connectivity index (χ0v) is 13.5. The molecule has 132 valence electrons. The van der Waals surface area contributed by atoms with E-state index in [-0.39, 0.29) is 29.0 Å². The van der Waals surface area contributed by atoms with Crippen molar-refractivity contribution < 1.29 is 22.3 Å². The third kappa shape index (κ3) is 3.14. The van der Waals surface area contributed by atoms with E-state index in [9.17, 15) is 17.6 Å². The molecular weight excluding hydrogens is 362 g/mol. The summed E-state index contributed by atoms with van der Waals surface area (Å²) in [5.74, 6) is -0.442. The van der Waals surface area contributed by atoms with E-state index in [1.165, 1.54) is 18.5 Å². The zero-order valence-electron chi connectivity index (χ0n) is 12.7. The number of rotatable bonds is 4. The van der Waals surface area contributed by atoms with Gasteiger partial charge in [-0.25, -0.2) is 9.97 Å². The molecule has 3 aromatic heterocycles. The Kier molecular flexibility index (Phi) is 4.33. The van der Waals surface area contributed by atoms with Crippen LogP contribution in [0.5, 0.6) is 5.88 Å². The van der Waals surface area contributed by atoms with Crippen LogP contribution >= 0.6 is 11.3 Å². The van der Waals surface area contributed by atoms with Crippen molar-refractivity contribution in [1.82, 2.24) is 19.7 Å². The fourth-order valence-electron chi connectivity index (χ4n) is 2.18. The van der Waals surface area contributed by atoms with Gasteiger partial charge in [0, 0.05) is 17.3 Å². The topological polar surface area (TPSA) is 78.9 Å². The van der Waals surface area contributed by atoms with Crippen molar-refractivity contribution in [3.63, 3.8) is 0 Å². The summed E-state index contributed by atoms with van der Waals surface area (Å²) in [6.07, 6.45) is -2.19. The van der Waals surface area contributed by atoms with Gasteiger partial charge in [-0.2, -0.15) is 27.3 Å². The van der Waals surface area contributed by atoms with E-state index in [1.54, 1.807) is 6.92 Å². The van der Waals surface area contributed by atoms with Crippen molar-refractivity contribution >= 4 is 17.2 Å². The summed E-state index contributed by atoms with van der Waals surface area (Å²) in [4.78, 5) is 7.89. The molecule has 6 nitrogen and oxygen atoms in total. The van der Waals surface area contributed by atoms with Gasteiger partial charge in [0.15, 0.2) is 10.8 Å². The third-order valence-corrected chi connectivity index (χ3v) is 4.03. The lowest BCUT2D eigenvalue weighted by molar-refractivity contribution is -0.140. The summed E-state index contributed by atoms with van der Waals surface area (Å²) < 4.78 is 59.6. The van der Waals surface area contributed by atoms with Crippen molar-refractivity contribution in [2.45, 2.75) is 13.1 Å². The molecule has 11 heteroatoms. The number of halogens is 4. The van der Waals surface area contributed by atoms with Crippen molar-refractivity contribution in [1.29, 1.82) is 0 Å². The van der Waals surface area contributed by atoms with Crippen LogP contribution in [0.1, 0.15) is 12.6 Å². The molecule has 0 saturated heterocycles. The highest BCUT2D eigenvalue weighted by Crippen LogP contribution is 2.43. The summed E-state index contributed by atoms with van der Waals surface area (Å²) in [6, 6.07) is 2.28. The van der Waals surface area contributed by atoms with Crippen LogP contribution in [0, 0.1) is 5.13 Å². The number of aromatic nitrogens is 4. The van der Waals surface area contributed by atoms with E-state index in [0.29, 0.717) is 11.3 Å². The SMILES string of the molecule is CCOc1nccnc1-n1nc(C(F)(F)F)c(-c2ccc(F)s2)c1N. The number of nitrogen functional groups attached to an aromatic ring is 1. The smallest absolute Gasteiger partial charge is 0.435 e. The highest BCUT2D eigenvalue weighted by atomic mass is 32.1. The normalized spacial score (nSPS) is 11.7. The number of ether oxygens (including phenoxy) is 1.